The van der Waals surface area contributed by atoms with E-state index in [1.54, 1.807) is 0 Å². The summed E-state index contributed by atoms with van der Waals surface area (Å²) in [6.45, 7) is 2.44. The number of rotatable bonds is 2. The predicted molar refractivity (Wildman–Crippen MR) is 63.7 cm³/mol. The number of benzene rings is 2. The third kappa shape index (κ3) is 2.27. The highest BCUT2D eigenvalue weighted by molar-refractivity contribution is 6.84. The molecule has 0 nitrogen and oxygen atoms in total. The summed E-state index contributed by atoms with van der Waals surface area (Å²) in [7, 11) is 0. The van der Waals surface area contributed by atoms with Crippen molar-refractivity contribution in [3.05, 3.63) is 60.4 Å². The SMILES string of the molecule is C[B-](c1ccccc1)c1ccc(F)cc1. The highest BCUT2D eigenvalue weighted by Crippen LogP contribution is 1.95. The molecule has 0 fully saturated rings. The first-order valence-corrected chi connectivity index (χ1v) is 5.08. The van der Waals surface area contributed by atoms with Crippen LogP contribution in [0.25, 0.3) is 0 Å². The van der Waals surface area contributed by atoms with Crippen molar-refractivity contribution in [1.82, 2.24) is 0 Å². The normalized spacial score (nSPS) is 10.6. The lowest BCUT2D eigenvalue weighted by atomic mass is 9.43. The summed E-state index contributed by atoms with van der Waals surface area (Å²) in [5, 5.41) is 0. The zero-order valence-electron chi connectivity index (χ0n) is 8.65. The molecule has 0 unspecified atom stereocenters. The molecule has 0 aliphatic carbocycles. The summed E-state index contributed by atoms with van der Waals surface area (Å²) in [5.41, 5.74) is 2.40. The standard InChI is InChI=1S/C13H12BF/c1-14(11-5-3-2-4-6-11)12-7-9-13(15)10-8-12/h2-10H,1H3/q-1. The Kier molecular flexibility index (Phi) is 2.86. The molecule has 0 N–H and O–H groups in total. The van der Waals surface area contributed by atoms with Crippen molar-refractivity contribution < 1.29 is 4.39 Å². The molecule has 0 saturated heterocycles. The maximum absolute atomic E-state index is 12.8. The predicted octanol–water partition coefficient (Wildman–Crippen LogP) is 2.06. The van der Waals surface area contributed by atoms with Gasteiger partial charge in [0.05, 0.1) is 0 Å². The molecule has 0 bridgehead atoms. The molecular formula is C13H12BF-. The summed E-state index contributed by atoms with van der Waals surface area (Å²) < 4.78 is 12.8. The Labute approximate surface area is 89.8 Å². The third-order valence-electron chi connectivity index (χ3n) is 2.67. The Balaban J connectivity index is 2.29. The topological polar surface area (TPSA) is 0 Å². The fourth-order valence-corrected chi connectivity index (χ4v) is 1.69. The molecular weight excluding hydrogens is 186 g/mol. The van der Waals surface area contributed by atoms with Gasteiger partial charge < -0.3 is 0 Å². The largest absolute Gasteiger partial charge is 0.239 e. The Morgan fingerprint density at radius 1 is 0.800 bits per heavy atom. The molecule has 15 heavy (non-hydrogen) atoms. The fourth-order valence-electron chi connectivity index (χ4n) is 1.69. The van der Waals surface area contributed by atoms with Crippen molar-refractivity contribution in [2.45, 2.75) is 6.82 Å². The van der Waals surface area contributed by atoms with Crippen molar-refractivity contribution in [1.29, 1.82) is 0 Å². The van der Waals surface area contributed by atoms with Gasteiger partial charge in [-0.25, -0.2) is 22.1 Å². The van der Waals surface area contributed by atoms with Gasteiger partial charge in [0.25, 0.3) is 0 Å². The minimum absolute atomic E-state index is 0.181. The smallest absolute Gasteiger partial charge is 0.122 e. The van der Waals surface area contributed by atoms with Crippen molar-refractivity contribution in [2.24, 2.45) is 0 Å². The summed E-state index contributed by atoms with van der Waals surface area (Å²) >= 11 is 0. The first kappa shape index (κ1) is 9.97. The molecule has 0 spiro atoms. The molecule has 0 aliphatic rings. The van der Waals surface area contributed by atoms with Crippen molar-refractivity contribution >= 4 is 17.6 Å². The summed E-state index contributed by atoms with van der Waals surface area (Å²) in [4.78, 5) is 0. The second-order valence-electron chi connectivity index (χ2n) is 3.68. The molecule has 2 aromatic carbocycles. The van der Waals surface area contributed by atoms with E-state index < -0.39 is 0 Å². The van der Waals surface area contributed by atoms with Crippen LogP contribution in [0.4, 0.5) is 4.39 Å². The first-order chi connectivity index (χ1) is 7.27. The van der Waals surface area contributed by atoms with E-state index in [-0.39, 0.29) is 5.82 Å². The van der Waals surface area contributed by atoms with E-state index in [9.17, 15) is 4.39 Å². The first-order valence-electron chi connectivity index (χ1n) is 5.08. The molecule has 1 radical (unpaired) electrons. The van der Waals surface area contributed by atoms with Crippen molar-refractivity contribution in [3.63, 3.8) is 0 Å². The minimum atomic E-state index is -0.181. The van der Waals surface area contributed by atoms with Gasteiger partial charge in [-0.05, 0) is 12.1 Å². The van der Waals surface area contributed by atoms with Crippen molar-refractivity contribution in [2.75, 3.05) is 0 Å². The van der Waals surface area contributed by atoms with Gasteiger partial charge in [0.2, 0.25) is 0 Å². The molecule has 2 aromatic rings. The highest BCUT2D eigenvalue weighted by atomic mass is 19.1. The van der Waals surface area contributed by atoms with Crippen LogP contribution in [-0.2, 0) is 0 Å². The molecule has 2 rings (SSSR count). The molecule has 0 heterocycles. The average Bonchev–Trinajstić information content (AvgIpc) is 2.30. The molecule has 0 saturated carbocycles. The molecule has 2 heteroatoms. The maximum atomic E-state index is 12.8. The van der Waals surface area contributed by atoms with Gasteiger partial charge >= 0.3 is 0 Å². The van der Waals surface area contributed by atoms with Crippen LogP contribution >= 0.6 is 0 Å². The van der Waals surface area contributed by atoms with E-state index in [1.807, 2.05) is 30.3 Å². The van der Waals surface area contributed by atoms with E-state index >= 15 is 0 Å². The second-order valence-corrected chi connectivity index (χ2v) is 3.68. The minimum Gasteiger partial charge on any atom is -0.239 e. The van der Waals surface area contributed by atoms with Gasteiger partial charge in [-0.2, -0.15) is 0 Å². The van der Waals surface area contributed by atoms with Crippen molar-refractivity contribution in [3.8, 4) is 0 Å². The van der Waals surface area contributed by atoms with Crippen LogP contribution in [0, 0.1) is 5.82 Å². The van der Waals surface area contributed by atoms with Gasteiger partial charge in [0.1, 0.15) is 5.82 Å². The van der Waals surface area contributed by atoms with E-state index in [4.69, 9.17) is 0 Å². The van der Waals surface area contributed by atoms with Crippen LogP contribution in [0.15, 0.2) is 54.6 Å². The highest BCUT2D eigenvalue weighted by Gasteiger charge is 1.96. The van der Waals surface area contributed by atoms with Gasteiger partial charge in [-0.1, -0.05) is 37.0 Å². The molecule has 75 valence electrons. The zero-order chi connectivity index (χ0) is 10.7. The van der Waals surface area contributed by atoms with Crippen LogP contribution in [0.1, 0.15) is 0 Å². The third-order valence-corrected chi connectivity index (χ3v) is 2.67. The van der Waals surface area contributed by atoms with Crippen LogP contribution in [-0.4, -0.2) is 6.71 Å². The van der Waals surface area contributed by atoms with Gasteiger partial charge in [0.15, 0.2) is 0 Å². The number of hydrogen-bond acceptors (Lipinski definition) is 0. The fraction of sp³-hybridized carbons (Fsp3) is 0.0769. The number of hydrogen-bond donors (Lipinski definition) is 0. The summed E-state index contributed by atoms with van der Waals surface area (Å²) in [6.07, 6.45) is 0. The lowest BCUT2D eigenvalue weighted by Gasteiger charge is -2.23. The summed E-state index contributed by atoms with van der Waals surface area (Å²) in [5.74, 6) is -0.181. The Morgan fingerprint density at radius 3 is 1.93 bits per heavy atom. The number of halogens is 1. The molecule has 0 atom stereocenters. The Bertz CT molecular complexity index is 422. The zero-order valence-corrected chi connectivity index (χ0v) is 8.65. The van der Waals surface area contributed by atoms with E-state index in [0.29, 0.717) is 6.71 Å². The molecule has 0 aliphatic heterocycles. The van der Waals surface area contributed by atoms with Gasteiger partial charge in [-0.15, -0.1) is 12.1 Å². The van der Waals surface area contributed by atoms with E-state index in [0.717, 1.165) is 5.46 Å². The quantitative estimate of drug-likeness (QED) is 0.648. The van der Waals surface area contributed by atoms with E-state index in [1.165, 1.54) is 17.6 Å². The van der Waals surface area contributed by atoms with Crippen LogP contribution in [0.2, 0.25) is 6.82 Å². The maximum Gasteiger partial charge on any atom is 0.122 e. The average molecular weight is 198 g/mol. The van der Waals surface area contributed by atoms with Gasteiger partial charge in [-0.3, -0.25) is 0 Å². The molecule has 0 aromatic heterocycles. The summed E-state index contributed by atoms with van der Waals surface area (Å²) in [6, 6.07) is 16.9. The lowest BCUT2D eigenvalue weighted by molar-refractivity contribution is 0.628. The van der Waals surface area contributed by atoms with Gasteiger partial charge in [0, 0.05) is 0 Å². The van der Waals surface area contributed by atoms with Crippen LogP contribution < -0.4 is 10.9 Å². The van der Waals surface area contributed by atoms with Crippen LogP contribution in [0.5, 0.6) is 0 Å². The van der Waals surface area contributed by atoms with Crippen LogP contribution in [0.3, 0.4) is 0 Å². The lowest BCUT2D eigenvalue weighted by Crippen LogP contribution is -2.38. The van der Waals surface area contributed by atoms with E-state index in [2.05, 4.69) is 19.0 Å². The second kappa shape index (κ2) is 4.30. The monoisotopic (exact) mass is 198 g/mol. The Hall–Kier alpha value is -1.57. The molecule has 0 amide bonds. The Morgan fingerprint density at radius 2 is 1.33 bits per heavy atom.